The summed E-state index contributed by atoms with van der Waals surface area (Å²) in [5, 5.41) is 0.763. The third-order valence-electron chi connectivity index (χ3n) is 2.07. The molecule has 0 atom stereocenters. The van der Waals surface area contributed by atoms with Gasteiger partial charge in [-0.15, -0.1) is 4.37 Å². The summed E-state index contributed by atoms with van der Waals surface area (Å²) in [6.45, 7) is -2.77. The molecule has 5 nitrogen and oxygen atoms in total. The predicted molar refractivity (Wildman–Crippen MR) is 74.3 cm³/mol. The van der Waals surface area contributed by atoms with E-state index in [1.165, 1.54) is 25.8 Å². The first kappa shape index (κ1) is 13.6. The maximum absolute atomic E-state index is 5.37. The summed E-state index contributed by atoms with van der Waals surface area (Å²) in [4.78, 5) is 4.25. The molecule has 1 aromatic heterocycles. The molecule has 96 valence electrons. The van der Waals surface area contributed by atoms with Crippen LogP contribution in [0, 0.1) is 0 Å². The Balaban J connectivity index is 2.19. The van der Waals surface area contributed by atoms with Crippen LogP contribution in [0.2, 0.25) is 0 Å². The van der Waals surface area contributed by atoms with E-state index in [4.69, 9.17) is 25.4 Å². The molecule has 2 aromatic rings. The molecule has 0 saturated carbocycles. The van der Waals surface area contributed by atoms with Crippen molar-refractivity contribution in [2.75, 3.05) is 14.2 Å². The van der Waals surface area contributed by atoms with E-state index in [2.05, 4.69) is 9.36 Å². The monoisotopic (exact) mass is 302 g/mol. The van der Waals surface area contributed by atoms with Crippen LogP contribution in [0.1, 0.15) is 0 Å². The molecule has 0 fully saturated rings. The van der Waals surface area contributed by atoms with Crippen LogP contribution in [-0.2, 0) is 20.9 Å². The van der Waals surface area contributed by atoms with Crippen molar-refractivity contribution in [3.8, 4) is 16.6 Å². The number of rotatable bonds is 5. The zero-order valence-electron chi connectivity index (χ0n) is 9.77. The largest absolute Gasteiger partial charge is 0.388 e. The first-order valence-corrected chi connectivity index (χ1v) is 8.30. The number of nitrogens with zero attached hydrogens (tertiary/aromatic N) is 2. The van der Waals surface area contributed by atoms with Crippen LogP contribution in [0.4, 0.5) is 0 Å². The lowest BCUT2D eigenvalue weighted by Crippen LogP contribution is -1.97. The lowest BCUT2D eigenvalue weighted by molar-refractivity contribution is 0.268. The molecule has 0 bridgehead atoms. The molecule has 1 heterocycles. The lowest BCUT2D eigenvalue weighted by atomic mass is 10.2. The Morgan fingerprint density at radius 2 is 1.83 bits per heavy atom. The van der Waals surface area contributed by atoms with Crippen molar-refractivity contribution >= 4 is 30.1 Å². The van der Waals surface area contributed by atoms with Crippen LogP contribution in [0.5, 0.6) is 6.01 Å². The van der Waals surface area contributed by atoms with Gasteiger partial charge >= 0.3 is 12.7 Å². The van der Waals surface area contributed by atoms with Gasteiger partial charge in [-0.25, -0.2) is 0 Å². The molecule has 0 saturated heterocycles. The van der Waals surface area contributed by atoms with Gasteiger partial charge in [0.25, 0.3) is 0 Å². The van der Waals surface area contributed by atoms with Crippen molar-refractivity contribution in [2.24, 2.45) is 0 Å². The predicted octanol–water partition coefficient (Wildman–Crippen LogP) is 3.10. The third kappa shape index (κ3) is 3.13. The van der Waals surface area contributed by atoms with Crippen LogP contribution < -0.4 is 4.52 Å². The maximum atomic E-state index is 5.37. The molecule has 1 aromatic carbocycles. The standard InChI is InChI=1S/C10H11N2O3PS2/c1-13-16(17,14-2)15-10-11-9(18-12-10)8-6-4-3-5-7-8/h3-7H,1-2H3. The fourth-order valence-electron chi connectivity index (χ4n) is 1.19. The normalized spacial score (nSPS) is 11.4. The van der Waals surface area contributed by atoms with Gasteiger partial charge < -0.3 is 13.6 Å². The van der Waals surface area contributed by atoms with E-state index >= 15 is 0 Å². The van der Waals surface area contributed by atoms with Crippen molar-refractivity contribution in [1.82, 2.24) is 9.36 Å². The van der Waals surface area contributed by atoms with E-state index < -0.39 is 6.72 Å². The second-order valence-electron chi connectivity index (χ2n) is 3.15. The Hall–Kier alpha value is -0.850. The van der Waals surface area contributed by atoms with Crippen molar-refractivity contribution < 1.29 is 13.6 Å². The molecular weight excluding hydrogens is 291 g/mol. The van der Waals surface area contributed by atoms with Crippen LogP contribution in [0.25, 0.3) is 10.6 Å². The average molecular weight is 302 g/mol. The van der Waals surface area contributed by atoms with Crippen molar-refractivity contribution in [3.05, 3.63) is 30.3 Å². The second-order valence-corrected chi connectivity index (χ2v) is 7.05. The van der Waals surface area contributed by atoms with E-state index in [0.717, 1.165) is 10.6 Å². The minimum Gasteiger partial charge on any atom is -0.388 e. The van der Waals surface area contributed by atoms with Crippen LogP contribution in [-0.4, -0.2) is 23.6 Å². The van der Waals surface area contributed by atoms with Crippen LogP contribution in [0.15, 0.2) is 30.3 Å². The Kier molecular flexibility index (Phi) is 4.42. The quantitative estimate of drug-likeness (QED) is 0.791. The van der Waals surface area contributed by atoms with Crippen LogP contribution >= 0.6 is 18.3 Å². The van der Waals surface area contributed by atoms with Gasteiger partial charge in [0.1, 0.15) is 5.01 Å². The SMILES string of the molecule is COP(=S)(OC)Oc1nsc(-c2ccccc2)n1. The molecule has 2 rings (SSSR count). The van der Waals surface area contributed by atoms with E-state index in [-0.39, 0.29) is 6.01 Å². The zero-order valence-corrected chi connectivity index (χ0v) is 12.3. The van der Waals surface area contributed by atoms with E-state index in [9.17, 15) is 0 Å². The van der Waals surface area contributed by atoms with E-state index in [1.807, 2.05) is 30.3 Å². The molecule has 0 spiro atoms. The van der Waals surface area contributed by atoms with Gasteiger partial charge in [-0.1, -0.05) is 30.3 Å². The highest BCUT2D eigenvalue weighted by Gasteiger charge is 2.21. The van der Waals surface area contributed by atoms with E-state index in [1.54, 1.807) is 0 Å². The third-order valence-corrected chi connectivity index (χ3v) is 5.22. The molecule has 8 heteroatoms. The van der Waals surface area contributed by atoms with Crippen molar-refractivity contribution in [3.63, 3.8) is 0 Å². The van der Waals surface area contributed by atoms with Gasteiger partial charge in [0, 0.05) is 31.6 Å². The Labute approximate surface area is 114 Å². The van der Waals surface area contributed by atoms with Gasteiger partial charge in [0.2, 0.25) is 0 Å². The fraction of sp³-hybridized carbons (Fsp3) is 0.200. The number of benzene rings is 1. The van der Waals surface area contributed by atoms with E-state index in [0.29, 0.717) is 0 Å². The van der Waals surface area contributed by atoms with Gasteiger partial charge in [-0.05, 0) is 11.5 Å². The smallest absolute Gasteiger partial charge is 0.382 e. The average Bonchev–Trinajstić information content (AvgIpc) is 2.88. The molecule has 0 aliphatic rings. The highest BCUT2D eigenvalue weighted by molar-refractivity contribution is 8.07. The summed E-state index contributed by atoms with van der Waals surface area (Å²) in [6.07, 6.45) is 0. The van der Waals surface area contributed by atoms with Crippen molar-refractivity contribution in [2.45, 2.75) is 0 Å². The summed E-state index contributed by atoms with van der Waals surface area (Å²) in [6, 6.07) is 9.90. The molecule has 0 aliphatic heterocycles. The highest BCUT2D eigenvalue weighted by Crippen LogP contribution is 2.47. The first-order chi connectivity index (χ1) is 8.67. The van der Waals surface area contributed by atoms with Gasteiger partial charge in [0.05, 0.1) is 0 Å². The molecule has 0 amide bonds. The molecule has 0 radical (unpaired) electrons. The number of aromatic nitrogens is 2. The lowest BCUT2D eigenvalue weighted by Gasteiger charge is -2.14. The minimum absolute atomic E-state index is 0.186. The van der Waals surface area contributed by atoms with Gasteiger partial charge in [-0.3, -0.25) is 0 Å². The van der Waals surface area contributed by atoms with Gasteiger partial charge in [0.15, 0.2) is 0 Å². The molecule has 0 N–H and O–H groups in total. The Morgan fingerprint density at radius 1 is 1.17 bits per heavy atom. The first-order valence-electron chi connectivity index (χ1n) is 4.97. The number of hydrogen-bond acceptors (Lipinski definition) is 7. The maximum Gasteiger partial charge on any atom is 0.382 e. The summed E-state index contributed by atoms with van der Waals surface area (Å²) >= 11 is 6.32. The summed E-state index contributed by atoms with van der Waals surface area (Å²) in [7, 11) is 2.88. The van der Waals surface area contributed by atoms with Crippen molar-refractivity contribution in [1.29, 1.82) is 0 Å². The molecule has 0 unspecified atom stereocenters. The second kappa shape index (κ2) is 5.86. The fourth-order valence-corrected chi connectivity index (χ4v) is 2.63. The molecule has 18 heavy (non-hydrogen) atoms. The molecule has 0 aliphatic carbocycles. The topological polar surface area (TPSA) is 53.5 Å². The summed E-state index contributed by atoms with van der Waals surface area (Å²) in [5.41, 5.74) is 0.980. The summed E-state index contributed by atoms with van der Waals surface area (Å²) < 4.78 is 19.5. The minimum atomic E-state index is -2.77. The van der Waals surface area contributed by atoms with Crippen LogP contribution in [0.3, 0.4) is 0 Å². The van der Waals surface area contributed by atoms with Gasteiger partial charge in [-0.2, -0.15) is 4.98 Å². The summed E-state index contributed by atoms with van der Waals surface area (Å²) in [5.74, 6) is 0. The zero-order chi connectivity index (χ0) is 13.0. The molecular formula is C10H11N2O3PS2. The Morgan fingerprint density at radius 3 is 2.44 bits per heavy atom. The number of hydrogen-bond donors (Lipinski definition) is 0. The Bertz CT molecular complexity index is 553. The highest BCUT2D eigenvalue weighted by atomic mass is 32.5.